The lowest BCUT2D eigenvalue weighted by Gasteiger charge is -2.13. The van der Waals surface area contributed by atoms with Crippen LogP contribution >= 0.6 is 0 Å². The molecule has 114 valence electrons. The summed E-state index contributed by atoms with van der Waals surface area (Å²) < 4.78 is 7.53. The summed E-state index contributed by atoms with van der Waals surface area (Å²) in [4.78, 5) is 4.42. The number of nitrogens with zero attached hydrogens (tertiary/aromatic N) is 2. The SMILES string of the molecule is CCCc1ccccc1Nc1nccn1CCCOCC. The minimum atomic E-state index is 0.777. The third-order valence-electron chi connectivity index (χ3n) is 3.39. The van der Waals surface area contributed by atoms with Crippen molar-refractivity contribution in [3.05, 3.63) is 42.2 Å². The standard InChI is InChI=1S/C17H25N3O/c1-3-8-15-9-5-6-10-16(15)19-17-18-11-13-20(17)12-7-14-21-4-2/h5-6,9-11,13H,3-4,7-8,12,14H2,1-2H3,(H,18,19). The third-order valence-corrected chi connectivity index (χ3v) is 3.39. The number of rotatable bonds is 9. The molecule has 1 N–H and O–H groups in total. The first-order valence-electron chi connectivity index (χ1n) is 7.79. The maximum absolute atomic E-state index is 5.39. The van der Waals surface area contributed by atoms with Gasteiger partial charge in [-0.15, -0.1) is 0 Å². The quantitative estimate of drug-likeness (QED) is 0.708. The van der Waals surface area contributed by atoms with Gasteiger partial charge < -0.3 is 14.6 Å². The summed E-state index contributed by atoms with van der Waals surface area (Å²) >= 11 is 0. The first-order valence-corrected chi connectivity index (χ1v) is 7.79. The van der Waals surface area contributed by atoms with E-state index in [0.29, 0.717) is 0 Å². The zero-order valence-corrected chi connectivity index (χ0v) is 13.0. The van der Waals surface area contributed by atoms with E-state index in [0.717, 1.165) is 50.7 Å². The lowest BCUT2D eigenvalue weighted by molar-refractivity contribution is 0.142. The Hall–Kier alpha value is -1.81. The highest BCUT2D eigenvalue weighted by molar-refractivity contribution is 5.58. The number of imidazole rings is 1. The van der Waals surface area contributed by atoms with E-state index in [1.54, 1.807) is 0 Å². The molecule has 0 amide bonds. The molecule has 0 aliphatic carbocycles. The molecule has 0 unspecified atom stereocenters. The van der Waals surface area contributed by atoms with E-state index in [9.17, 15) is 0 Å². The van der Waals surface area contributed by atoms with Gasteiger partial charge in [0, 0.05) is 37.8 Å². The van der Waals surface area contributed by atoms with Crippen LogP contribution in [0.1, 0.15) is 32.3 Å². The highest BCUT2D eigenvalue weighted by Gasteiger charge is 2.06. The molecule has 4 heteroatoms. The number of anilines is 2. The van der Waals surface area contributed by atoms with E-state index in [-0.39, 0.29) is 0 Å². The van der Waals surface area contributed by atoms with Crippen molar-refractivity contribution in [3.63, 3.8) is 0 Å². The van der Waals surface area contributed by atoms with Crippen molar-refractivity contribution in [3.8, 4) is 0 Å². The number of benzene rings is 1. The van der Waals surface area contributed by atoms with Crippen molar-refractivity contribution in [2.24, 2.45) is 0 Å². The molecule has 0 saturated carbocycles. The summed E-state index contributed by atoms with van der Waals surface area (Å²) in [5.74, 6) is 0.898. The number of nitrogens with one attached hydrogen (secondary N) is 1. The van der Waals surface area contributed by atoms with Crippen LogP contribution in [0, 0.1) is 0 Å². The lowest BCUT2D eigenvalue weighted by atomic mass is 10.1. The van der Waals surface area contributed by atoms with Crippen LogP contribution in [0.5, 0.6) is 0 Å². The van der Waals surface area contributed by atoms with E-state index in [2.05, 4.69) is 46.1 Å². The minimum Gasteiger partial charge on any atom is -0.382 e. The maximum Gasteiger partial charge on any atom is 0.207 e. The molecule has 1 aromatic heterocycles. The summed E-state index contributed by atoms with van der Waals surface area (Å²) in [6, 6.07) is 8.44. The van der Waals surface area contributed by atoms with Gasteiger partial charge in [-0.3, -0.25) is 0 Å². The van der Waals surface area contributed by atoms with Gasteiger partial charge in [0.05, 0.1) is 0 Å². The van der Waals surface area contributed by atoms with Gasteiger partial charge in [0.1, 0.15) is 0 Å². The number of aryl methyl sites for hydroxylation is 2. The average Bonchev–Trinajstić information content (AvgIpc) is 2.93. The summed E-state index contributed by atoms with van der Waals surface area (Å²) in [6.07, 6.45) is 7.06. The smallest absolute Gasteiger partial charge is 0.207 e. The van der Waals surface area contributed by atoms with Gasteiger partial charge in [-0.25, -0.2) is 4.98 Å². The first kappa shape index (κ1) is 15.6. The van der Waals surface area contributed by atoms with Crippen LogP contribution in [0.25, 0.3) is 0 Å². The normalized spacial score (nSPS) is 10.8. The van der Waals surface area contributed by atoms with Gasteiger partial charge in [-0.05, 0) is 31.4 Å². The van der Waals surface area contributed by atoms with Crippen LogP contribution in [-0.4, -0.2) is 22.8 Å². The van der Waals surface area contributed by atoms with E-state index in [1.807, 2.05) is 19.3 Å². The Bertz CT molecular complexity index is 536. The summed E-state index contributed by atoms with van der Waals surface area (Å²) in [7, 11) is 0. The Morgan fingerprint density at radius 2 is 2.10 bits per heavy atom. The molecule has 0 aliphatic rings. The van der Waals surface area contributed by atoms with Crippen LogP contribution in [0.4, 0.5) is 11.6 Å². The third kappa shape index (κ3) is 4.60. The largest absolute Gasteiger partial charge is 0.382 e. The average molecular weight is 287 g/mol. The second-order valence-electron chi connectivity index (χ2n) is 5.03. The zero-order chi connectivity index (χ0) is 14.9. The summed E-state index contributed by atoms with van der Waals surface area (Å²) in [5, 5.41) is 3.46. The van der Waals surface area contributed by atoms with E-state index in [1.165, 1.54) is 5.56 Å². The van der Waals surface area contributed by atoms with Crippen LogP contribution in [0.15, 0.2) is 36.7 Å². The molecule has 0 saturated heterocycles. The molecular weight excluding hydrogens is 262 g/mol. The number of aromatic nitrogens is 2. The van der Waals surface area contributed by atoms with Crippen LogP contribution < -0.4 is 5.32 Å². The van der Waals surface area contributed by atoms with E-state index < -0.39 is 0 Å². The van der Waals surface area contributed by atoms with Crippen LogP contribution in [0.2, 0.25) is 0 Å². The Morgan fingerprint density at radius 1 is 1.24 bits per heavy atom. The highest BCUT2D eigenvalue weighted by Crippen LogP contribution is 2.21. The van der Waals surface area contributed by atoms with Gasteiger partial charge >= 0.3 is 0 Å². The maximum atomic E-state index is 5.39. The highest BCUT2D eigenvalue weighted by atomic mass is 16.5. The second-order valence-corrected chi connectivity index (χ2v) is 5.03. The van der Waals surface area contributed by atoms with Gasteiger partial charge in [0.25, 0.3) is 0 Å². The molecule has 21 heavy (non-hydrogen) atoms. The fourth-order valence-corrected chi connectivity index (χ4v) is 2.35. The van der Waals surface area contributed by atoms with Crippen molar-refractivity contribution < 1.29 is 4.74 Å². The molecule has 2 rings (SSSR count). The fraction of sp³-hybridized carbons (Fsp3) is 0.471. The fourth-order valence-electron chi connectivity index (χ4n) is 2.35. The van der Waals surface area contributed by atoms with Crippen molar-refractivity contribution in [2.45, 2.75) is 39.7 Å². The molecule has 0 atom stereocenters. The zero-order valence-electron chi connectivity index (χ0n) is 13.0. The lowest BCUT2D eigenvalue weighted by Crippen LogP contribution is -2.07. The Morgan fingerprint density at radius 3 is 2.90 bits per heavy atom. The molecule has 1 heterocycles. The molecule has 0 radical (unpaired) electrons. The topological polar surface area (TPSA) is 39.1 Å². The number of para-hydroxylation sites is 1. The molecule has 0 spiro atoms. The Labute approximate surface area is 127 Å². The van der Waals surface area contributed by atoms with Crippen LogP contribution in [-0.2, 0) is 17.7 Å². The molecule has 0 bridgehead atoms. The Kier molecular flexibility index (Phi) is 6.28. The van der Waals surface area contributed by atoms with Crippen molar-refractivity contribution in [1.82, 2.24) is 9.55 Å². The predicted octanol–water partition coefficient (Wildman–Crippen LogP) is 4.01. The number of hydrogen-bond donors (Lipinski definition) is 1. The van der Waals surface area contributed by atoms with Gasteiger partial charge in [0.2, 0.25) is 5.95 Å². The second kappa shape index (κ2) is 8.47. The minimum absolute atomic E-state index is 0.777. The molecule has 0 aliphatic heterocycles. The van der Waals surface area contributed by atoms with Crippen LogP contribution in [0.3, 0.4) is 0 Å². The van der Waals surface area contributed by atoms with Crippen molar-refractivity contribution in [2.75, 3.05) is 18.5 Å². The van der Waals surface area contributed by atoms with Gasteiger partial charge in [-0.2, -0.15) is 0 Å². The molecule has 4 nitrogen and oxygen atoms in total. The van der Waals surface area contributed by atoms with Gasteiger partial charge in [-0.1, -0.05) is 31.5 Å². The Balaban J connectivity index is 2.01. The molecule has 0 fully saturated rings. The number of ether oxygens (including phenoxy) is 1. The molecule has 2 aromatic rings. The van der Waals surface area contributed by atoms with Gasteiger partial charge in [0.15, 0.2) is 0 Å². The molecular formula is C17H25N3O. The van der Waals surface area contributed by atoms with E-state index >= 15 is 0 Å². The first-order chi connectivity index (χ1) is 10.3. The summed E-state index contributed by atoms with van der Waals surface area (Å²) in [5.41, 5.74) is 2.49. The summed E-state index contributed by atoms with van der Waals surface area (Å²) in [6.45, 7) is 6.71. The monoisotopic (exact) mass is 287 g/mol. The predicted molar refractivity (Wildman–Crippen MR) is 87.1 cm³/mol. The van der Waals surface area contributed by atoms with Crippen molar-refractivity contribution >= 4 is 11.6 Å². The number of hydrogen-bond acceptors (Lipinski definition) is 3. The van der Waals surface area contributed by atoms with E-state index in [4.69, 9.17) is 4.74 Å². The molecule has 1 aromatic carbocycles. The van der Waals surface area contributed by atoms with Crippen molar-refractivity contribution in [1.29, 1.82) is 0 Å².